The van der Waals surface area contributed by atoms with Gasteiger partial charge in [0.05, 0.1) is 11.4 Å². The molecule has 4 heteroatoms. The molecule has 3 nitrogen and oxygen atoms in total. The molecule has 3 aromatic rings. The van der Waals surface area contributed by atoms with Gasteiger partial charge in [0.15, 0.2) is 0 Å². The Labute approximate surface area is 140 Å². The molecule has 3 rings (SSSR count). The van der Waals surface area contributed by atoms with E-state index in [0.717, 1.165) is 11.4 Å². The molecule has 3 aromatic carbocycles. The molecule has 23 heavy (non-hydrogen) atoms. The van der Waals surface area contributed by atoms with Gasteiger partial charge in [-0.1, -0.05) is 48.0 Å². The lowest BCUT2D eigenvalue weighted by Gasteiger charge is -2.25. The molecule has 0 aliphatic rings. The van der Waals surface area contributed by atoms with Crippen LogP contribution in [-0.2, 0) is 0 Å². The second-order valence-electron chi connectivity index (χ2n) is 4.95. The quantitative estimate of drug-likeness (QED) is 0.698. The van der Waals surface area contributed by atoms with Crippen molar-refractivity contribution >= 4 is 28.9 Å². The Morgan fingerprint density at radius 2 is 1.22 bits per heavy atom. The number of carbonyl (C=O) groups excluding carboxylic acids is 1. The first-order valence-electron chi connectivity index (χ1n) is 7.21. The van der Waals surface area contributed by atoms with Crippen LogP contribution in [0.15, 0.2) is 84.9 Å². The van der Waals surface area contributed by atoms with Crippen molar-refractivity contribution in [3.05, 3.63) is 95.5 Å². The van der Waals surface area contributed by atoms with E-state index in [1.807, 2.05) is 60.7 Å². The van der Waals surface area contributed by atoms with E-state index in [4.69, 9.17) is 11.6 Å². The van der Waals surface area contributed by atoms with Crippen LogP contribution in [0.2, 0.25) is 5.02 Å². The number of amides is 1. The first-order valence-corrected chi connectivity index (χ1v) is 7.58. The van der Waals surface area contributed by atoms with Gasteiger partial charge in [-0.3, -0.25) is 15.2 Å². The van der Waals surface area contributed by atoms with Crippen molar-refractivity contribution in [3.63, 3.8) is 0 Å². The Kier molecular flexibility index (Phi) is 4.60. The molecule has 0 unspecified atom stereocenters. The number of hydrogen-bond donors (Lipinski definition) is 1. The fraction of sp³-hybridized carbons (Fsp3) is 0. The second kappa shape index (κ2) is 6.99. The number of halogens is 1. The van der Waals surface area contributed by atoms with Crippen molar-refractivity contribution in [2.24, 2.45) is 0 Å². The lowest BCUT2D eigenvalue weighted by Crippen LogP contribution is -2.38. The summed E-state index contributed by atoms with van der Waals surface area (Å²) in [4.78, 5) is 12.5. The molecule has 1 amide bonds. The van der Waals surface area contributed by atoms with Gasteiger partial charge in [0.25, 0.3) is 5.91 Å². The van der Waals surface area contributed by atoms with Gasteiger partial charge in [-0.15, -0.1) is 0 Å². The van der Waals surface area contributed by atoms with E-state index >= 15 is 0 Å². The predicted octanol–water partition coefficient (Wildman–Crippen LogP) is 4.82. The van der Waals surface area contributed by atoms with E-state index in [-0.39, 0.29) is 5.91 Å². The van der Waals surface area contributed by atoms with Crippen LogP contribution in [0.25, 0.3) is 0 Å². The van der Waals surface area contributed by atoms with Crippen molar-refractivity contribution in [2.75, 3.05) is 5.01 Å². The average Bonchev–Trinajstić information content (AvgIpc) is 2.61. The van der Waals surface area contributed by atoms with Gasteiger partial charge in [-0.2, -0.15) is 0 Å². The third kappa shape index (κ3) is 3.71. The van der Waals surface area contributed by atoms with E-state index in [0.29, 0.717) is 10.6 Å². The van der Waals surface area contributed by atoms with Crippen LogP contribution in [0.1, 0.15) is 10.4 Å². The highest BCUT2D eigenvalue weighted by Crippen LogP contribution is 2.23. The third-order valence-electron chi connectivity index (χ3n) is 3.35. The summed E-state index contributed by atoms with van der Waals surface area (Å²) in [5.41, 5.74) is 5.24. The standard InChI is InChI=1S/C19H15ClN2O/c20-16-13-11-15(12-14-16)19(23)21-22(17-7-3-1-4-8-17)18-9-5-2-6-10-18/h1-14H,(H,21,23). The number of nitrogens with zero attached hydrogens (tertiary/aromatic N) is 1. The minimum atomic E-state index is -0.200. The molecule has 0 saturated heterocycles. The van der Waals surface area contributed by atoms with Crippen molar-refractivity contribution < 1.29 is 4.79 Å². The molecule has 0 atom stereocenters. The summed E-state index contributed by atoms with van der Waals surface area (Å²) in [5.74, 6) is -0.200. The van der Waals surface area contributed by atoms with Gasteiger partial charge in [0.2, 0.25) is 0 Å². The number of hydrazine groups is 1. The van der Waals surface area contributed by atoms with E-state index in [1.54, 1.807) is 29.3 Å². The van der Waals surface area contributed by atoms with Crippen LogP contribution in [0, 0.1) is 0 Å². The zero-order valence-electron chi connectivity index (χ0n) is 12.3. The van der Waals surface area contributed by atoms with Crippen LogP contribution in [-0.4, -0.2) is 5.91 Å². The Bertz CT molecular complexity index is 734. The van der Waals surface area contributed by atoms with Gasteiger partial charge in [-0.25, -0.2) is 0 Å². The molecule has 114 valence electrons. The smallest absolute Gasteiger partial charge is 0.267 e. The Hall–Kier alpha value is -2.78. The molecule has 0 heterocycles. The van der Waals surface area contributed by atoms with Crippen LogP contribution in [0.5, 0.6) is 0 Å². The average molecular weight is 323 g/mol. The molecule has 0 aliphatic carbocycles. The molecule has 0 radical (unpaired) electrons. The lowest BCUT2D eigenvalue weighted by molar-refractivity contribution is 0.0954. The number of para-hydroxylation sites is 2. The van der Waals surface area contributed by atoms with Crippen LogP contribution in [0.4, 0.5) is 11.4 Å². The second-order valence-corrected chi connectivity index (χ2v) is 5.39. The largest absolute Gasteiger partial charge is 0.270 e. The molecule has 0 aromatic heterocycles. The maximum Gasteiger partial charge on any atom is 0.270 e. The monoisotopic (exact) mass is 322 g/mol. The number of rotatable bonds is 4. The summed E-state index contributed by atoms with van der Waals surface area (Å²) in [6.45, 7) is 0. The number of nitrogens with one attached hydrogen (secondary N) is 1. The SMILES string of the molecule is O=C(NN(c1ccccc1)c1ccccc1)c1ccc(Cl)cc1. The van der Waals surface area contributed by atoms with E-state index < -0.39 is 0 Å². The van der Waals surface area contributed by atoms with Crippen LogP contribution < -0.4 is 10.4 Å². The molecule has 0 spiro atoms. The summed E-state index contributed by atoms with van der Waals surface area (Å²) in [6.07, 6.45) is 0. The summed E-state index contributed by atoms with van der Waals surface area (Å²) in [7, 11) is 0. The molecule has 0 bridgehead atoms. The maximum absolute atomic E-state index is 12.5. The fourth-order valence-corrected chi connectivity index (χ4v) is 2.33. The van der Waals surface area contributed by atoms with Gasteiger partial charge in [0, 0.05) is 10.6 Å². The highest BCUT2D eigenvalue weighted by molar-refractivity contribution is 6.30. The highest BCUT2D eigenvalue weighted by atomic mass is 35.5. The molecular weight excluding hydrogens is 308 g/mol. The summed E-state index contributed by atoms with van der Waals surface area (Å²) < 4.78 is 0. The van der Waals surface area contributed by atoms with Gasteiger partial charge in [-0.05, 0) is 48.5 Å². The summed E-state index contributed by atoms with van der Waals surface area (Å²) >= 11 is 5.87. The van der Waals surface area contributed by atoms with Crippen molar-refractivity contribution in [1.82, 2.24) is 5.43 Å². The van der Waals surface area contributed by atoms with Crippen molar-refractivity contribution in [1.29, 1.82) is 0 Å². The van der Waals surface area contributed by atoms with Crippen LogP contribution in [0.3, 0.4) is 0 Å². The van der Waals surface area contributed by atoms with Gasteiger partial charge < -0.3 is 0 Å². The minimum absolute atomic E-state index is 0.200. The van der Waals surface area contributed by atoms with E-state index in [2.05, 4.69) is 5.43 Å². The number of hydrogen-bond acceptors (Lipinski definition) is 2. The minimum Gasteiger partial charge on any atom is -0.267 e. The molecule has 0 saturated carbocycles. The summed E-state index contributed by atoms with van der Waals surface area (Å²) in [5, 5.41) is 2.36. The lowest BCUT2D eigenvalue weighted by atomic mass is 10.2. The molecular formula is C19H15ClN2O. The van der Waals surface area contributed by atoms with Gasteiger partial charge in [0.1, 0.15) is 0 Å². The Balaban J connectivity index is 1.90. The molecule has 0 fully saturated rings. The Morgan fingerprint density at radius 1 is 0.739 bits per heavy atom. The third-order valence-corrected chi connectivity index (χ3v) is 3.60. The highest BCUT2D eigenvalue weighted by Gasteiger charge is 2.13. The summed E-state index contributed by atoms with van der Waals surface area (Å²) in [6, 6.07) is 26.2. The molecule has 0 aliphatic heterocycles. The zero-order valence-corrected chi connectivity index (χ0v) is 13.1. The maximum atomic E-state index is 12.5. The predicted molar refractivity (Wildman–Crippen MR) is 93.9 cm³/mol. The molecule has 1 N–H and O–H groups in total. The van der Waals surface area contributed by atoms with Crippen molar-refractivity contribution in [2.45, 2.75) is 0 Å². The number of carbonyl (C=O) groups is 1. The number of benzene rings is 3. The normalized spacial score (nSPS) is 10.1. The van der Waals surface area contributed by atoms with E-state index in [9.17, 15) is 4.79 Å². The Morgan fingerprint density at radius 3 is 1.70 bits per heavy atom. The fourth-order valence-electron chi connectivity index (χ4n) is 2.20. The van der Waals surface area contributed by atoms with Crippen LogP contribution >= 0.6 is 11.6 Å². The van der Waals surface area contributed by atoms with E-state index in [1.165, 1.54) is 0 Å². The topological polar surface area (TPSA) is 32.3 Å². The first kappa shape index (κ1) is 15.1. The van der Waals surface area contributed by atoms with Crippen molar-refractivity contribution in [3.8, 4) is 0 Å². The van der Waals surface area contributed by atoms with Gasteiger partial charge >= 0.3 is 0 Å². The number of anilines is 2. The zero-order chi connectivity index (χ0) is 16.1. The first-order chi connectivity index (χ1) is 11.2.